The molecular weight excluding hydrogens is 76.1 g/mol. The predicted octanol–water partition coefficient (Wildman–Crippen LogP) is 1.18. The second-order valence-corrected chi connectivity index (χ2v) is 1.99. The maximum atomic E-state index is 5.14. The van der Waals surface area contributed by atoms with Crippen molar-refractivity contribution in [3.63, 3.8) is 0 Å². The summed E-state index contributed by atoms with van der Waals surface area (Å²) in [6, 6.07) is 0. The lowest BCUT2D eigenvalue weighted by Crippen LogP contribution is -2.31. The van der Waals surface area contributed by atoms with Gasteiger partial charge in [0, 0.05) is 0 Å². The summed E-state index contributed by atoms with van der Waals surface area (Å²) in [7, 11) is 0. The van der Waals surface area contributed by atoms with Gasteiger partial charge in [-0.25, -0.2) is 0 Å². The summed E-state index contributed by atoms with van der Waals surface area (Å²) in [6.07, 6.45) is 2.33. The standard InChI is InChI=1S/C5H10O/c1-4-3-5(2)6-4/h4-5H,3H2,1-2H3/t4-,5+. The van der Waals surface area contributed by atoms with Crippen LogP contribution >= 0.6 is 0 Å². The molecule has 1 saturated heterocycles. The van der Waals surface area contributed by atoms with Gasteiger partial charge in [0.25, 0.3) is 0 Å². The van der Waals surface area contributed by atoms with Crippen molar-refractivity contribution in [2.75, 3.05) is 0 Å². The van der Waals surface area contributed by atoms with E-state index in [2.05, 4.69) is 13.8 Å². The molecule has 0 amide bonds. The van der Waals surface area contributed by atoms with Gasteiger partial charge in [-0.15, -0.1) is 0 Å². The van der Waals surface area contributed by atoms with Gasteiger partial charge in [0.05, 0.1) is 12.2 Å². The summed E-state index contributed by atoms with van der Waals surface area (Å²) in [4.78, 5) is 0. The first-order chi connectivity index (χ1) is 2.79. The van der Waals surface area contributed by atoms with Crippen molar-refractivity contribution in [2.24, 2.45) is 0 Å². The Labute approximate surface area is 38.3 Å². The van der Waals surface area contributed by atoms with Crippen LogP contribution in [0.2, 0.25) is 0 Å². The molecule has 36 valence electrons. The largest absolute Gasteiger partial charge is 0.375 e. The Hall–Kier alpha value is -0.0400. The minimum atomic E-state index is 0.542. The highest BCUT2D eigenvalue weighted by Crippen LogP contribution is 2.17. The smallest absolute Gasteiger partial charge is 0.0575 e. The molecule has 0 aromatic heterocycles. The van der Waals surface area contributed by atoms with Crippen LogP contribution in [-0.4, -0.2) is 12.2 Å². The summed E-state index contributed by atoms with van der Waals surface area (Å²) < 4.78 is 5.14. The molecular formula is C5H10O. The molecule has 0 radical (unpaired) electrons. The number of hydrogen-bond donors (Lipinski definition) is 0. The van der Waals surface area contributed by atoms with Gasteiger partial charge in [-0.3, -0.25) is 0 Å². The molecule has 1 aliphatic rings. The maximum Gasteiger partial charge on any atom is 0.0575 e. The third-order valence-corrected chi connectivity index (χ3v) is 1.13. The highest BCUT2D eigenvalue weighted by atomic mass is 16.5. The zero-order valence-electron chi connectivity index (χ0n) is 4.27. The van der Waals surface area contributed by atoms with Crippen LogP contribution in [0, 0.1) is 0 Å². The Morgan fingerprint density at radius 2 is 1.67 bits per heavy atom. The molecule has 2 atom stereocenters. The lowest BCUT2D eigenvalue weighted by molar-refractivity contribution is -0.102. The predicted molar refractivity (Wildman–Crippen MR) is 24.6 cm³/mol. The quantitative estimate of drug-likeness (QED) is 0.430. The van der Waals surface area contributed by atoms with Gasteiger partial charge in [-0.2, -0.15) is 0 Å². The van der Waals surface area contributed by atoms with Crippen LogP contribution < -0.4 is 0 Å². The van der Waals surface area contributed by atoms with Gasteiger partial charge in [0.15, 0.2) is 0 Å². The van der Waals surface area contributed by atoms with Crippen molar-refractivity contribution in [3.05, 3.63) is 0 Å². The second-order valence-electron chi connectivity index (χ2n) is 1.99. The van der Waals surface area contributed by atoms with Crippen molar-refractivity contribution < 1.29 is 4.74 Å². The average Bonchev–Trinajstić information content (AvgIpc) is 1.33. The monoisotopic (exact) mass is 86.1 g/mol. The van der Waals surface area contributed by atoms with E-state index in [4.69, 9.17) is 4.74 Å². The first-order valence-electron chi connectivity index (χ1n) is 2.44. The number of ether oxygens (including phenoxy) is 1. The van der Waals surface area contributed by atoms with Crippen molar-refractivity contribution >= 4 is 0 Å². The highest BCUT2D eigenvalue weighted by Gasteiger charge is 2.20. The van der Waals surface area contributed by atoms with Crippen molar-refractivity contribution in [3.8, 4) is 0 Å². The second kappa shape index (κ2) is 1.23. The van der Waals surface area contributed by atoms with Crippen molar-refractivity contribution in [1.29, 1.82) is 0 Å². The zero-order chi connectivity index (χ0) is 4.57. The van der Waals surface area contributed by atoms with Gasteiger partial charge in [-0.05, 0) is 20.3 Å². The Bertz CT molecular complexity index is 39.9. The third kappa shape index (κ3) is 0.548. The topological polar surface area (TPSA) is 9.23 Å². The molecule has 0 aromatic rings. The van der Waals surface area contributed by atoms with E-state index in [9.17, 15) is 0 Å². The molecule has 1 aliphatic heterocycles. The molecule has 0 unspecified atom stereocenters. The van der Waals surface area contributed by atoms with E-state index >= 15 is 0 Å². The summed E-state index contributed by atoms with van der Waals surface area (Å²) in [5.74, 6) is 0. The zero-order valence-corrected chi connectivity index (χ0v) is 4.27. The summed E-state index contributed by atoms with van der Waals surface area (Å²) in [5, 5.41) is 0. The lowest BCUT2D eigenvalue weighted by Gasteiger charge is -2.30. The van der Waals surface area contributed by atoms with E-state index in [1.807, 2.05) is 0 Å². The molecule has 1 rings (SSSR count). The number of rotatable bonds is 0. The molecule has 1 heteroatoms. The SMILES string of the molecule is C[C@@H]1C[C@H](C)O1. The third-order valence-electron chi connectivity index (χ3n) is 1.13. The lowest BCUT2D eigenvalue weighted by atomic mass is 10.1. The van der Waals surface area contributed by atoms with Gasteiger partial charge < -0.3 is 4.74 Å². The van der Waals surface area contributed by atoms with Crippen LogP contribution in [-0.2, 0) is 4.74 Å². The molecule has 6 heavy (non-hydrogen) atoms. The van der Waals surface area contributed by atoms with Gasteiger partial charge in [0.2, 0.25) is 0 Å². The molecule has 0 saturated carbocycles. The Morgan fingerprint density at radius 3 is 1.67 bits per heavy atom. The molecule has 1 fully saturated rings. The molecule has 0 N–H and O–H groups in total. The molecule has 0 aromatic carbocycles. The fourth-order valence-electron chi connectivity index (χ4n) is 0.853. The fourth-order valence-corrected chi connectivity index (χ4v) is 0.853. The van der Waals surface area contributed by atoms with E-state index in [1.54, 1.807) is 0 Å². The van der Waals surface area contributed by atoms with Crippen LogP contribution in [0.1, 0.15) is 20.3 Å². The summed E-state index contributed by atoms with van der Waals surface area (Å²) in [6.45, 7) is 4.19. The van der Waals surface area contributed by atoms with E-state index < -0.39 is 0 Å². The van der Waals surface area contributed by atoms with E-state index in [1.165, 1.54) is 6.42 Å². The highest BCUT2D eigenvalue weighted by molar-refractivity contribution is 4.67. The van der Waals surface area contributed by atoms with Crippen LogP contribution in [0.25, 0.3) is 0 Å². The van der Waals surface area contributed by atoms with Crippen LogP contribution in [0.3, 0.4) is 0 Å². The maximum absolute atomic E-state index is 5.14. The van der Waals surface area contributed by atoms with E-state index in [-0.39, 0.29) is 0 Å². The molecule has 0 bridgehead atoms. The molecule has 1 heterocycles. The van der Waals surface area contributed by atoms with Crippen LogP contribution in [0.4, 0.5) is 0 Å². The Kier molecular flexibility index (Phi) is 0.845. The minimum absolute atomic E-state index is 0.542. The molecule has 1 nitrogen and oxygen atoms in total. The van der Waals surface area contributed by atoms with Crippen molar-refractivity contribution in [2.45, 2.75) is 32.5 Å². The summed E-state index contributed by atoms with van der Waals surface area (Å²) >= 11 is 0. The van der Waals surface area contributed by atoms with Gasteiger partial charge in [0.1, 0.15) is 0 Å². The van der Waals surface area contributed by atoms with Gasteiger partial charge in [-0.1, -0.05) is 0 Å². The normalized spacial score (nSPS) is 45.0. The average molecular weight is 86.1 g/mol. The first-order valence-corrected chi connectivity index (χ1v) is 2.44. The van der Waals surface area contributed by atoms with Crippen molar-refractivity contribution in [1.82, 2.24) is 0 Å². The Balaban J connectivity index is 2.11. The van der Waals surface area contributed by atoms with E-state index in [0.29, 0.717) is 12.2 Å². The molecule has 0 spiro atoms. The summed E-state index contributed by atoms with van der Waals surface area (Å²) in [5.41, 5.74) is 0. The minimum Gasteiger partial charge on any atom is -0.375 e. The fraction of sp³-hybridized carbons (Fsp3) is 1.00. The van der Waals surface area contributed by atoms with Crippen LogP contribution in [0.15, 0.2) is 0 Å². The van der Waals surface area contributed by atoms with Gasteiger partial charge >= 0.3 is 0 Å². The Morgan fingerprint density at radius 1 is 1.33 bits per heavy atom. The van der Waals surface area contributed by atoms with Crippen LogP contribution in [0.5, 0.6) is 0 Å². The first kappa shape index (κ1) is 4.13. The number of hydrogen-bond acceptors (Lipinski definition) is 1. The van der Waals surface area contributed by atoms with E-state index in [0.717, 1.165) is 0 Å². The molecule has 0 aliphatic carbocycles.